The first-order valence-electron chi connectivity index (χ1n) is 22.6. The molecular formula is C43H85N9O8. The highest BCUT2D eigenvalue weighted by molar-refractivity contribution is 5.96. The molecule has 0 bridgehead atoms. The highest BCUT2D eigenvalue weighted by Crippen LogP contribution is 2.13. The summed E-state index contributed by atoms with van der Waals surface area (Å²) in [5, 5.41) is 21.2. The second kappa shape index (κ2) is 38.1. The third kappa shape index (κ3) is 33.0. The predicted molar refractivity (Wildman–Crippen MR) is 237 cm³/mol. The lowest BCUT2D eigenvalue weighted by Gasteiger charge is -2.26. The van der Waals surface area contributed by atoms with Crippen LogP contribution in [0.3, 0.4) is 0 Å². The van der Waals surface area contributed by atoms with Crippen LogP contribution in [-0.2, 0) is 33.6 Å². The van der Waals surface area contributed by atoms with Crippen LogP contribution in [-0.4, -0.2) is 96.4 Å². The third-order valence-electron chi connectivity index (χ3n) is 9.88. The Balaban J connectivity index is 0. The van der Waals surface area contributed by atoms with Gasteiger partial charge in [-0.15, -0.1) is 0 Å². The van der Waals surface area contributed by atoms with Crippen molar-refractivity contribution in [2.24, 2.45) is 28.9 Å². The molecular weight excluding hydrogens is 771 g/mol. The number of aliphatic carboxylic acids is 1. The molecule has 6 amide bonds. The number of unbranched alkanes of at least 4 members (excludes halogenated alkanes) is 13. The van der Waals surface area contributed by atoms with Gasteiger partial charge in [0.1, 0.15) is 30.2 Å². The molecule has 0 unspecified atom stereocenters. The first-order chi connectivity index (χ1) is 28.5. The van der Waals surface area contributed by atoms with Crippen molar-refractivity contribution in [3.63, 3.8) is 0 Å². The van der Waals surface area contributed by atoms with E-state index in [1.54, 1.807) is 0 Å². The maximum absolute atomic E-state index is 13.6. The topological polar surface area (TPSA) is 304 Å². The monoisotopic (exact) mass is 856 g/mol. The number of nitrogens with one attached hydrogen (secondary N) is 5. The van der Waals surface area contributed by atoms with Crippen molar-refractivity contribution in [1.29, 1.82) is 0 Å². The minimum absolute atomic E-state index is 0.0141. The first kappa shape index (κ1) is 58.3. The summed E-state index contributed by atoms with van der Waals surface area (Å²) < 4.78 is 0. The zero-order valence-electron chi connectivity index (χ0n) is 37.8. The van der Waals surface area contributed by atoms with Gasteiger partial charge >= 0.3 is 0 Å². The zero-order valence-corrected chi connectivity index (χ0v) is 37.8. The fourth-order valence-electron chi connectivity index (χ4n) is 6.44. The lowest BCUT2D eigenvalue weighted by Crippen LogP contribution is -2.58. The van der Waals surface area contributed by atoms with Crippen LogP contribution in [0.15, 0.2) is 0 Å². The van der Waals surface area contributed by atoms with E-state index in [-0.39, 0.29) is 24.7 Å². The lowest BCUT2D eigenvalue weighted by atomic mass is 10.0. The molecule has 14 N–H and O–H groups in total. The van der Waals surface area contributed by atoms with Gasteiger partial charge < -0.3 is 54.6 Å². The lowest BCUT2D eigenvalue weighted by molar-refractivity contribution is -0.135. The van der Waals surface area contributed by atoms with Crippen molar-refractivity contribution in [3.05, 3.63) is 0 Å². The molecule has 0 aromatic rings. The molecule has 0 heterocycles. The Labute approximate surface area is 360 Å². The standard InChI is InChI=1S/C41H81N9O6.C2H4O2/c1-5-6-7-8-9-10-11-12-13-14-15-25-36(51)47-33(23-17-20-27-43)39(54)50-35(29-30(2)3)41(56)46-31(4)38(53)49-34(24-18-21-28-44)40(55)48-32(37(45)52)22-16-19-26-42;1-2(3)4/h30-35H,5-29,42-44H2,1-4H3,(H2,45,52)(H,46,56)(H,47,51)(H,48,55)(H,49,53)(H,50,54);1H3,(H,3,4)/t31-,32-,33-,34-,35-;/m0./s1. The summed E-state index contributed by atoms with van der Waals surface area (Å²) in [5.74, 6) is -3.94. The van der Waals surface area contributed by atoms with Gasteiger partial charge in [-0.05, 0) is 103 Å². The largest absolute Gasteiger partial charge is 0.481 e. The highest BCUT2D eigenvalue weighted by Gasteiger charge is 2.31. The number of rotatable bonds is 36. The SMILES string of the molecule is CC(=O)O.CCCCCCCCCCCCCC(=O)N[C@@H](CCCCN)C(=O)N[C@@H](CC(C)C)C(=O)N[C@@H](C)C(=O)N[C@@H](CCCCN)C(=O)N[C@@H](CCCCN)C(N)=O. The molecule has 0 rings (SSSR count). The van der Waals surface area contributed by atoms with Crippen LogP contribution in [0.1, 0.15) is 176 Å². The van der Waals surface area contributed by atoms with Crippen LogP contribution in [0.5, 0.6) is 0 Å². The molecule has 0 saturated carbocycles. The summed E-state index contributed by atoms with van der Waals surface area (Å²) >= 11 is 0. The van der Waals surface area contributed by atoms with E-state index in [9.17, 15) is 28.8 Å². The molecule has 0 aromatic heterocycles. The minimum atomic E-state index is -1.07. The number of carboxylic acids is 1. The van der Waals surface area contributed by atoms with Crippen LogP contribution in [0.25, 0.3) is 0 Å². The Morgan fingerprint density at radius 3 is 1.27 bits per heavy atom. The van der Waals surface area contributed by atoms with Gasteiger partial charge in [0.05, 0.1) is 0 Å². The number of carbonyl (C=O) groups is 7. The normalized spacial score (nSPS) is 13.4. The van der Waals surface area contributed by atoms with E-state index < -0.39 is 65.7 Å². The molecule has 0 aromatic carbocycles. The van der Waals surface area contributed by atoms with Crippen molar-refractivity contribution >= 4 is 41.4 Å². The van der Waals surface area contributed by atoms with Gasteiger partial charge in [0.15, 0.2) is 0 Å². The van der Waals surface area contributed by atoms with Gasteiger partial charge in [0, 0.05) is 13.3 Å². The van der Waals surface area contributed by atoms with Crippen molar-refractivity contribution in [3.8, 4) is 0 Å². The molecule has 0 aliphatic carbocycles. The number of hydrogen-bond donors (Lipinski definition) is 10. The summed E-state index contributed by atoms with van der Waals surface area (Å²) in [6.45, 7) is 9.91. The summed E-state index contributed by atoms with van der Waals surface area (Å²) in [6.07, 6.45) is 18.2. The molecule has 17 heteroatoms. The molecule has 0 saturated heterocycles. The fraction of sp³-hybridized carbons (Fsp3) is 0.837. The van der Waals surface area contributed by atoms with Crippen LogP contribution in [0.4, 0.5) is 0 Å². The van der Waals surface area contributed by atoms with Crippen molar-refractivity contribution in [2.45, 2.75) is 206 Å². The van der Waals surface area contributed by atoms with Gasteiger partial charge in [0.25, 0.3) is 5.97 Å². The number of carbonyl (C=O) groups excluding carboxylic acids is 6. The number of nitrogens with two attached hydrogens (primary N) is 4. The number of carboxylic acid groups (broad SMARTS) is 1. The van der Waals surface area contributed by atoms with E-state index in [1.807, 2.05) is 13.8 Å². The molecule has 5 atom stereocenters. The molecule has 350 valence electrons. The fourth-order valence-corrected chi connectivity index (χ4v) is 6.44. The van der Waals surface area contributed by atoms with Gasteiger partial charge in [-0.2, -0.15) is 0 Å². The molecule has 0 aliphatic rings. The Morgan fingerprint density at radius 1 is 0.483 bits per heavy atom. The van der Waals surface area contributed by atoms with Crippen LogP contribution >= 0.6 is 0 Å². The number of hydrogen-bond acceptors (Lipinski definition) is 10. The first-order valence-corrected chi connectivity index (χ1v) is 22.6. The molecule has 17 nitrogen and oxygen atoms in total. The number of amides is 6. The summed E-state index contributed by atoms with van der Waals surface area (Å²) in [5.41, 5.74) is 22.4. The van der Waals surface area contributed by atoms with Crippen molar-refractivity contribution in [1.82, 2.24) is 26.6 Å². The maximum Gasteiger partial charge on any atom is 0.300 e. The third-order valence-corrected chi connectivity index (χ3v) is 9.88. The smallest absolute Gasteiger partial charge is 0.300 e. The highest BCUT2D eigenvalue weighted by atomic mass is 16.4. The van der Waals surface area contributed by atoms with Gasteiger partial charge in [-0.25, -0.2) is 0 Å². The maximum atomic E-state index is 13.6. The van der Waals surface area contributed by atoms with Crippen LogP contribution in [0.2, 0.25) is 0 Å². The van der Waals surface area contributed by atoms with Gasteiger partial charge in [-0.1, -0.05) is 85.0 Å². The second-order valence-electron chi connectivity index (χ2n) is 16.2. The van der Waals surface area contributed by atoms with E-state index in [0.29, 0.717) is 77.4 Å². The van der Waals surface area contributed by atoms with E-state index in [0.717, 1.165) is 32.6 Å². The molecule has 0 aliphatic heterocycles. The summed E-state index contributed by atoms with van der Waals surface area (Å²) in [4.78, 5) is 87.7. The molecule has 0 fully saturated rings. The van der Waals surface area contributed by atoms with Gasteiger partial charge in [-0.3, -0.25) is 33.6 Å². The molecule has 60 heavy (non-hydrogen) atoms. The summed E-state index contributed by atoms with van der Waals surface area (Å²) in [7, 11) is 0. The number of primary amides is 1. The van der Waals surface area contributed by atoms with Gasteiger partial charge in [0.2, 0.25) is 35.4 Å². The zero-order chi connectivity index (χ0) is 45.7. The Hall–Kier alpha value is -3.83. The second-order valence-corrected chi connectivity index (χ2v) is 16.2. The quantitative estimate of drug-likeness (QED) is 0.0408. The van der Waals surface area contributed by atoms with Crippen molar-refractivity contribution in [2.75, 3.05) is 19.6 Å². The van der Waals surface area contributed by atoms with Crippen LogP contribution in [0, 0.1) is 5.92 Å². The minimum Gasteiger partial charge on any atom is -0.481 e. The van der Waals surface area contributed by atoms with Crippen LogP contribution < -0.4 is 49.5 Å². The Morgan fingerprint density at radius 2 is 0.850 bits per heavy atom. The summed E-state index contributed by atoms with van der Waals surface area (Å²) in [6, 6.07) is -4.81. The average Bonchev–Trinajstić information content (AvgIpc) is 3.18. The van der Waals surface area contributed by atoms with Crippen molar-refractivity contribution < 1.29 is 38.7 Å². The molecule has 0 spiro atoms. The predicted octanol–water partition coefficient (Wildman–Crippen LogP) is 3.14. The van der Waals surface area contributed by atoms with E-state index >= 15 is 0 Å². The Kier molecular flexibility index (Phi) is 37.0. The molecule has 0 radical (unpaired) electrons. The van der Waals surface area contributed by atoms with E-state index in [1.165, 1.54) is 51.9 Å². The average molecular weight is 856 g/mol. The Bertz CT molecular complexity index is 1200. The van der Waals surface area contributed by atoms with E-state index in [4.69, 9.17) is 32.8 Å². The van der Waals surface area contributed by atoms with E-state index in [2.05, 4.69) is 33.5 Å².